The lowest BCUT2D eigenvalue weighted by molar-refractivity contribution is 0.0734. The Hall–Kier alpha value is -3.13. The van der Waals surface area contributed by atoms with Crippen molar-refractivity contribution in [2.75, 3.05) is 13.6 Å². The standard InChI is InChI=1S/C18H19N7O/c1-23-6-4-14(22-23)12-2-3-17-13(8-21-25(17)9-12)18(26)24-7-5-15-16(10-24)20-11-19-15/h2-4,6,8-9,11,14,22H,5,7,10H2,1H3,(H,19,20). The Morgan fingerprint density at radius 3 is 3.12 bits per heavy atom. The maximum atomic E-state index is 13.0. The number of nitrogens with one attached hydrogen (secondary N) is 2. The highest BCUT2D eigenvalue weighted by molar-refractivity contribution is 6.00. The number of hydrogen-bond donors (Lipinski definition) is 2. The van der Waals surface area contributed by atoms with E-state index in [2.05, 4.69) is 26.6 Å². The summed E-state index contributed by atoms with van der Waals surface area (Å²) in [6.45, 7) is 1.24. The molecule has 132 valence electrons. The number of hydrogen-bond acceptors (Lipinski definition) is 5. The third-order valence-electron chi connectivity index (χ3n) is 5.04. The van der Waals surface area contributed by atoms with Crippen molar-refractivity contribution in [2.45, 2.75) is 19.0 Å². The molecule has 1 atom stereocenters. The monoisotopic (exact) mass is 349 g/mol. The van der Waals surface area contributed by atoms with Crippen LogP contribution >= 0.6 is 0 Å². The zero-order valence-electron chi connectivity index (χ0n) is 14.4. The summed E-state index contributed by atoms with van der Waals surface area (Å²) in [5.74, 6) is 0.00613. The van der Waals surface area contributed by atoms with Gasteiger partial charge in [-0.15, -0.1) is 0 Å². The number of aromatic nitrogens is 4. The first-order valence-electron chi connectivity index (χ1n) is 8.64. The fraction of sp³-hybridized carbons (Fsp3) is 0.278. The SMILES string of the molecule is CN1C=CC(c2ccc3c(C(=O)N4CCc5nc[nH]c5C4)cnn3c2)N1. The minimum Gasteiger partial charge on any atom is -0.347 e. The molecule has 0 aliphatic carbocycles. The minimum absolute atomic E-state index is 0.00613. The van der Waals surface area contributed by atoms with Crippen LogP contribution in [0.1, 0.15) is 33.4 Å². The number of aromatic amines is 1. The predicted molar refractivity (Wildman–Crippen MR) is 95.0 cm³/mol. The first-order valence-corrected chi connectivity index (χ1v) is 8.64. The van der Waals surface area contributed by atoms with Crippen LogP contribution in [0.3, 0.4) is 0 Å². The second-order valence-electron chi connectivity index (χ2n) is 6.71. The molecule has 0 saturated carbocycles. The van der Waals surface area contributed by atoms with Gasteiger partial charge in [-0.2, -0.15) is 5.10 Å². The fourth-order valence-electron chi connectivity index (χ4n) is 3.61. The Morgan fingerprint density at radius 2 is 2.27 bits per heavy atom. The molecule has 3 aromatic rings. The number of fused-ring (bicyclic) bond motifs is 2. The van der Waals surface area contributed by atoms with Crippen LogP contribution in [0.5, 0.6) is 0 Å². The third-order valence-corrected chi connectivity index (χ3v) is 5.04. The summed E-state index contributed by atoms with van der Waals surface area (Å²) in [5.41, 5.74) is 7.95. The van der Waals surface area contributed by atoms with Crippen molar-refractivity contribution in [1.82, 2.24) is 34.9 Å². The Morgan fingerprint density at radius 1 is 1.35 bits per heavy atom. The van der Waals surface area contributed by atoms with Crippen LogP contribution in [0, 0.1) is 0 Å². The van der Waals surface area contributed by atoms with Crippen LogP contribution in [0.2, 0.25) is 0 Å². The molecule has 5 heterocycles. The van der Waals surface area contributed by atoms with Gasteiger partial charge >= 0.3 is 0 Å². The largest absolute Gasteiger partial charge is 0.347 e. The number of pyridine rings is 1. The summed E-state index contributed by atoms with van der Waals surface area (Å²) < 4.78 is 1.78. The quantitative estimate of drug-likeness (QED) is 0.728. The maximum absolute atomic E-state index is 13.0. The van der Waals surface area contributed by atoms with Crippen molar-refractivity contribution in [3.63, 3.8) is 0 Å². The van der Waals surface area contributed by atoms with Gasteiger partial charge in [-0.05, 0) is 17.7 Å². The van der Waals surface area contributed by atoms with Crippen LogP contribution < -0.4 is 5.43 Å². The van der Waals surface area contributed by atoms with Gasteiger partial charge in [0, 0.05) is 32.4 Å². The van der Waals surface area contributed by atoms with Gasteiger partial charge in [0.2, 0.25) is 0 Å². The molecule has 0 spiro atoms. The molecule has 5 rings (SSSR count). The Kier molecular flexibility index (Phi) is 3.32. The predicted octanol–water partition coefficient (Wildman–Crippen LogP) is 1.26. The zero-order valence-corrected chi connectivity index (χ0v) is 14.4. The first-order chi connectivity index (χ1) is 12.7. The molecule has 2 aliphatic rings. The zero-order chi connectivity index (χ0) is 17.7. The summed E-state index contributed by atoms with van der Waals surface area (Å²) >= 11 is 0. The summed E-state index contributed by atoms with van der Waals surface area (Å²) in [5, 5.41) is 6.33. The van der Waals surface area contributed by atoms with E-state index >= 15 is 0 Å². The Bertz CT molecular complexity index is 1020. The Labute approximate surface area is 150 Å². The first kappa shape index (κ1) is 15.2. The molecule has 8 nitrogen and oxygen atoms in total. The minimum atomic E-state index is 0.00613. The van der Waals surface area contributed by atoms with Gasteiger partial charge in [0.15, 0.2) is 0 Å². The van der Waals surface area contributed by atoms with Crippen molar-refractivity contribution in [3.8, 4) is 0 Å². The van der Waals surface area contributed by atoms with Crippen LogP contribution in [0.15, 0.2) is 43.1 Å². The third kappa shape index (κ3) is 2.38. The molecule has 1 unspecified atom stereocenters. The molecule has 2 N–H and O–H groups in total. The van der Waals surface area contributed by atoms with Gasteiger partial charge in [-0.25, -0.2) is 14.9 Å². The summed E-state index contributed by atoms with van der Waals surface area (Å²) in [7, 11) is 1.96. The number of H-pyrrole nitrogens is 1. The highest BCUT2D eigenvalue weighted by Gasteiger charge is 2.25. The smallest absolute Gasteiger partial charge is 0.258 e. The average molecular weight is 349 g/mol. The highest BCUT2D eigenvalue weighted by Crippen LogP contribution is 2.23. The molecule has 0 saturated heterocycles. The number of nitrogens with zero attached hydrogens (tertiary/aromatic N) is 5. The van der Waals surface area contributed by atoms with Crippen LogP contribution in [0.4, 0.5) is 0 Å². The van der Waals surface area contributed by atoms with E-state index < -0.39 is 0 Å². The molecule has 26 heavy (non-hydrogen) atoms. The van der Waals surface area contributed by atoms with E-state index in [9.17, 15) is 4.79 Å². The lowest BCUT2D eigenvalue weighted by Crippen LogP contribution is -2.36. The van der Waals surface area contributed by atoms with Crippen LogP contribution in [0.25, 0.3) is 5.52 Å². The van der Waals surface area contributed by atoms with E-state index in [0.717, 1.165) is 28.9 Å². The second-order valence-corrected chi connectivity index (χ2v) is 6.71. The van der Waals surface area contributed by atoms with E-state index in [1.165, 1.54) is 0 Å². The van der Waals surface area contributed by atoms with E-state index in [1.54, 1.807) is 17.0 Å². The summed E-state index contributed by atoms with van der Waals surface area (Å²) in [6, 6.07) is 4.13. The normalized spacial score (nSPS) is 19.3. The van der Waals surface area contributed by atoms with E-state index in [-0.39, 0.29) is 11.9 Å². The van der Waals surface area contributed by atoms with E-state index in [1.807, 2.05) is 41.5 Å². The molecular weight excluding hydrogens is 330 g/mol. The number of imidazole rings is 1. The van der Waals surface area contributed by atoms with Crippen LogP contribution in [-0.4, -0.2) is 49.0 Å². The molecule has 3 aromatic heterocycles. The second kappa shape index (κ2) is 5.70. The molecule has 0 radical (unpaired) electrons. The molecule has 1 amide bonds. The van der Waals surface area contributed by atoms with Crippen molar-refractivity contribution in [2.24, 2.45) is 0 Å². The topological polar surface area (TPSA) is 81.6 Å². The van der Waals surface area contributed by atoms with Crippen molar-refractivity contribution < 1.29 is 4.79 Å². The van der Waals surface area contributed by atoms with Crippen molar-refractivity contribution in [3.05, 3.63) is 65.6 Å². The van der Waals surface area contributed by atoms with E-state index in [4.69, 9.17) is 0 Å². The fourth-order valence-corrected chi connectivity index (χ4v) is 3.61. The number of amides is 1. The number of rotatable bonds is 2. The van der Waals surface area contributed by atoms with Gasteiger partial charge in [-0.1, -0.05) is 6.07 Å². The average Bonchev–Trinajstić information content (AvgIpc) is 3.38. The van der Waals surface area contributed by atoms with Gasteiger partial charge in [0.25, 0.3) is 5.91 Å². The number of hydrazine groups is 1. The molecule has 2 aliphatic heterocycles. The van der Waals surface area contributed by atoms with E-state index in [0.29, 0.717) is 18.7 Å². The number of carbonyl (C=O) groups is 1. The molecule has 0 bridgehead atoms. The number of carbonyl (C=O) groups excluding carboxylic acids is 1. The molecule has 0 aromatic carbocycles. The lowest BCUT2D eigenvalue weighted by atomic mass is 10.1. The van der Waals surface area contributed by atoms with Crippen molar-refractivity contribution in [1.29, 1.82) is 0 Å². The molecular formula is C18H19N7O. The summed E-state index contributed by atoms with van der Waals surface area (Å²) in [4.78, 5) is 22.3. The molecule has 0 fully saturated rings. The maximum Gasteiger partial charge on any atom is 0.258 e. The molecule has 8 heteroatoms. The van der Waals surface area contributed by atoms with Gasteiger partial charge in [-0.3, -0.25) is 4.79 Å². The van der Waals surface area contributed by atoms with Gasteiger partial charge < -0.3 is 14.9 Å². The Balaban J connectivity index is 1.43. The van der Waals surface area contributed by atoms with Gasteiger partial charge in [0.1, 0.15) is 0 Å². The van der Waals surface area contributed by atoms with Crippen LogP contribution in [-0.2, 0) is 13.0 Å². The highest BCUT2D eigenvalue weighted by atomic mass is 16.2. The summed E-state index contributed by atoms with van der Waals surface area (Å²) in [6.07, 6.45) is 10.2. The van der Waals surface area contributed by atoms with Crippen molar-refractivity contribution >= 4 is 11.4 Å². The lowest BCUT2D eigenvalue weighted by Gasteiger charge is -2.26. The van der Waals surface area contributed by atoms with Gasteiger partial charge in [0.05, 0.1) is 47.6 Å².